The predicted octanol–water partition coefficient (Wildman–Crippen LogP) is 4.39. The first-order valence-electron chi connectivity index (χ1n) is 9.33. The number of amides is 1. The Kier molecular flexibility index (Phi) is 5.30. The molecule has 0 bridgehead atoms. The number of nitrogens with zero attached hydrogens (tertiary/aromatic N) is 3. The van der Waals surface area contributed by atoms with Gasteiger partial charge in [0.15, 0.2) is 5.16 Å². The lowest BCUT2D eigenvalue weighted by molar-refractivity contribution is -0.117. The number of thioether (sulfide) groups is 1. The number of fused-ring (bicyclic) bond motifs is 1. The first-order valence-corrected chi connectivity index (χ1v) is 10.2. The Bertz CT molecular complexity index is 922. The largest absolute Gasteiger partial charge is 0.322 e. The molecule has 0 radical (unpaired) electrons. The van der Waals surface area contributed by atoms with Crippen LogP contribution in [0.1, 0.15) is 24.5 Å². The number of aryl methyl sites for hydroxylation is 1. The number of aromatic nitrogens is 2. The number of carbonyl (C=O) groups excluding carboxylic acids is 1. The van der Waals surface area contributed by atoms with E-state index in [2.05, 4.69) is 33.8 Å². The molecule has 0 aliphatic carbocycles. The molecule has 1 aliphatic heterocycles. The van der Waals surface area contributed by atoms with Crippen LogP contribution in [0.25, 0.3) is 0 Å². The summed E-state index contributed by atoms with van der Waals surface area (Å²) < 4.78 is 2.11. The minimum atomic E-state index is -0.187. The van der Waals surface area contributed by atoms with Crippen molar-refractivity contribution in [1.82, 2.24) is 9.55 Å². The van der Waals surface area contributed by atoms with Gasteiger partial charge in [-0.2, -0.15) is 0 Å². The zero-order chi connectivity index (χ0) is 18.6. The van der Waals surface area contributed by atoms with Gasteiger partial charge in [-0.25, -0.2) is 4.98 Å². The predicted molar refractivity (Wildman–Crippen MR) is 110 cm³/mol. The topological polar surface area (TPSA) is 38.1 Å². The number of hydrogen-bond acceptors (Lipinski definition) is 3. The molecule has 0 saturated heterocycles. The molecule has 3 aromatic rings. The molecule has 4 nitrogen and oxygen atoms in total. The monoisotopic (exact) mass is 377 g/mol. The Morgan fingerprint density at radius 1 is 1.15 bits per heavy atom. The van der Waals surface area contributed by atoms with Crippen LogP contribution in [-0.2, 0) is 17.8 Å². The molecule has 1 aliphatic rings. The molecule has 0 fully saturated rings. The summed E-state index contributed by atoms with van der Waals surface area (Å²) in [5, 5.41) is 0.693. The summed E-state index contributed by atoms with van der Waals surface area (Å²) in [4.78, 5) is 19.5. The third-order valence-corrected chi connectivity index (χ3v) is 5.99. The van der Waals surface area contributed by atoms with E-state index < -0.39 is 0 Å². The van der Waals surface area contributed by atoms with Crippen molar-refractivity contribution in [3.05, 3.63) is 78.1 Å². The van der Waals surface area contributed by atoms with Gasteiger partial charge in [0.05, 0.1) is 5.25 Å². The van der Waals surface area contributed by atoms with Crippen molar-refractivity contribution in [2.24, 2.45) is 0 Å². The molecule has 2 heterocycles. The van der Waals surface area contributed by atoms with Gasteiger partial charge >= 0.3 is 0 Å². The maximum atomic E-state index is 13.1. The minimum Gasteiger partial charge on any atom is -0.322 e. The van der Waals surface area contributed by atoms with Crippen molar-refractivity contribution in [2.75, 3.05) is 11.4 Å². The third kappa shape index (κ3) is 3.93. The van der Waals surface area contributed by atoms with Crippen LogP contribution in [-0.4, -0.2) is 27.3 Å². The number of carbonyl (C=O) groups is 1. The number of imidazole rings is 1. The molecular weight excluding hydrogens is 354 g/mol. The van der Waals surface area contributed by atoms with Crippen molar-refractivity contribution in [3.63, 3.8) is 0 Å². The molecular formula is C22H23N3OS. The summed E-state index contributed by atoms with van der Waals surface area (Å²) in [7, 11) is 0. The van der Waals surface area contributed by atoms with Gasteiger partial charge in [-0.05, 0) is 37.0 Å². The van der Waals surface area contributed by atoms with E-state index in [1.165, 1.54) is 22.9 Å². The summed E-state index contributed by atoms with van der Waals surface area (Å²) in [6, 6.07) is 18.5. The summed E-state index contributed by atoms with van der Waals surface area (Å²) in [5.74, 6) is 0.154. The quantitative estimate of drug-likeness (QED) is 0.619. The van der Waals surface area contributed by atoms with Crippen molar-refractivity contribution < 1.29 is 4.79 Å². The lowest BCUT2D eigenvalue weighted by Gasteiger charge is -2.31. The van der Waals surface area contributed by atoms with Crippen LogP contribution in [0.5, 0.6) is 0 Å². The maximum Gasteiger partial charge on any atom is 0.240 e. The van der Waals surface area contributed by atoms with E-state index in [0.29, 0.717) is 0 Å². The second-order valence-electron chi connectivity index (χ2n) is 6.81. The normalized spacial score (nSPS) is 14.6. The summed E-state index contributed by atoms with van der Waals surface area (Å²) in [6.45, 7) is 3.53. The van der Waals surface area contributed by atoms with E-state index in [-0.39, 0.29) is 11.2 Å². The van der Waals surface area contributed by atoms with E-state index in [4.69, 9.17) is 0 Å². The van der Waals surface area contributed by atoms with E-state index >= 15 is 0 Å². The Balaban J connectivity index is 1.48. The first-order chi connectivity index (χ1) is 13.2. The molecule has 1 atom stereocenters. The van der Waals surface area contributed by atoms with Crippen molar-refractivity contribution >= 4 is 23.4 Å². The Labute approximate surface area is 164 Å². The number of hydrogen-bond donors (Lipinski definition) is 0. The van der Waals surface area contributed by atoms with Crippen LogP contribution in [0.15, 0.2) is 72.1 Å². The standard InChI is InChI=1S/C22H23N3OS/c1-17(21(26)25-14-7-11-19-10-5-6-12-20(19)25)27-22-23-13-15-24(22)16-18-8-3-2-4-9-18/h2-6,8-10,12-13,15,17H,7,11,14,16H2,1H3. The number of para-hydroxylation sites is 1. The summed E-state index contributed by atoms with van der Waals surface area (Å²) in [5.41, 5.74) is 3.55. The maximum absolute atomic E-state index is 13.1. The van der Waals surface area contributed by atoms with Gasteiger partial charge in [-0.15, -0.1) is 0 Å². The molecule has 2 aromatic carbocycles. The van der Waals surface area contributed by atoms with Crippen LogP contribution in [0.2, 0.25) is 0 Å². The van der Waals surface area contributed by atoms with E-state index in [0.717, 1.165) is 36.8 Å². The number of benzene rings is 2. The smallest absolute Gasteiger partial charge is 0.240 e. The summed E-state index contributed by atoms with van der Waals surface area (Å²) in [6.07, 6.45) is 5.84. The highest BCUT2D eigenvalue weighted by atomic mass is 32.2. The van der Waals surface area contributed by atoms with Crippen LogP contribution in [0.4, 0.5) is 5.69 Å². The lowest BCUT2D eigenvalue weighted by Crippen LogP contribution is -2.40. The molecule has 0 spiro atoms. The zero-order valence-electron chi connectivity index (χ0n) is 15.4. The molecule has 1 amide bonds. The highest BCUT2D eigenvalue weighted by Crippen LogP contribution is 2.30. The minimum absolute atomic E-state index is 0.154. The Morgan fingerprint density at radius 2 is 1.93 bits per heavy atom. The highest BCUT2D eigenvalue weighted by molar-refractivity contribution is 8.00. The fraction of sp³-hybridized carbons (Fsp3) is 0.273. The number of rotatable bonds is 5. The van der Waals surface area contributed by atoms with Gasteiger partial charge < -0.3 is 9.47 Å². The second kappa shape index (κ2) is 8.01. The van der Waals surface area contributed by atoms with Gasteiger partial charge in [0.2, 0.25) is 5.91 Å². The Hall–Kier alpha value is -2.53. The average molecular weight is 378 g/mol. The second-order valence-corrected chi connectivity index (χ2v) is 8.11. The molecule has 27 heavy (non-hydrogen) atoms. The van der Waals surface area contributed by atoms with Crippen LogP contribution >= 0.6 is 11.8 Å². The van der Waals surface area contributed by atoms with Crippen molar-refractivity contribution in [3.8, 4) is 0 Å². The van der Waals surface area contributed by atoms with E-state index in [1.807, 2.05) is 48.4 Å². The highest BCUT2D eigenvalue weighted by Gasteiger charge is 2.27. The first kappa shape index (κ1) is 17.9. The van der Waals surface area contributed by atoms with Crippen molar-refractivity contribution in [2.45, 2.75) is 36.7 Å². The fourth-order valence-corrected chi connectivity index (χ4v) is 4.43. The Morgan fingerprint density at radius 3 is 2.78 bits per heavy atom. The molecule has 4 rings (SSSR count). The summed E-state index contributed by atoms with van der Waals surface area (Å²) >= 11 is 1.53. The van der Waals surface area contributed by atoms with E-state index in [1.54, 1.807) is 6.20 Å². The fourth-order valence-electron chi connectivity index (χ4n) is 3.50. The molecule has 1 aromatic heterocycles. The van der Waals surface area contributed by atoms with E-state index in [9.17, 15) is 4.79 Å². The molecule has 5 heteroatoms. The van der Waals surface area contributed by atoms with Crippen LogP contribution in [0, 0.1) is 0 Å². The van der Waals surface area contributed by atoms with Gasteiger partial charge in [0.1, 0.15) is 0 Å². The van der Waals surface area contributed by atoms with Crippen molar-refractivity contribution in [1.29, 1.82) is 0 Å². The van der Waals surface area contributed by atoms with Gasteiger partial charge in [0, 0.05) is 31.2 Å². The SMILES string of the molecule is CC(Sc1nccn1Cc1ccccc1)C(=O)N1CCCc2ccccc21. The molecule has 0 saturated carbocycles. The van der Waals surface area contributed by atoms with Crippen LogP contribution < -0.4 is 4.90 Å². The van der Waals surface area contributed by atoms with Gasteiger partial charge in [-0.3, -0.25) is 4.79 Å². The zero-order valence-corrected chi connectivity index (χ0v) is 16.2. The number of anilines is 1. The van der Waals surface area contributed by atoms with Crippen LogP contribution in [0.3, 0.4) is 0 Å². The average Bonchev–Trinajstić information content (AvgIpc) is 3.14. The molecule has 0 N–H and O–H groups in total. The van der Waals surface area contributed by atoms with Gasteiger partial charge in [-0.1, -0.05) is 60.3 Å². The lowest BCUT2D eigenvalue weighted by atomic mass is 10.0. The molecule has 1 unspecified atom stereocenters. The molecule has 138 valence electrons. The third-order valence-electron chi connectivity index (χ3n) is 4.88. The van der Waals surface area contributed by atoms with Gasteiger partial charge in [0.25, 0.3) is 0 Å².